The van der Waals surface area contributed by atoms with Crippen molar-refractivity contribution in [3.8, 4) is 0 Å². The van der Waals surface area contributed by atoms with Crippen molar-refractivity contribution in [3.05, 3.63) is 28.5 Å². The van der Waals surface area contributed by atoms with Gasteiger partial charge >= 0.3 is 0 Å². The second-order valence-electron chi connectivity index (χ2n) is 3.87. The van der Waals surface area contributed by atoms with Gasteiger partial charge in [0.1, 0.15) is 5.82 Å². The highest BCUT2D eigenvalue weighted by Crippen LogP contribution is 2.19. The van der Waals surface area contributed by atoms with E-state index in [1.165, 1.54) is 12.1 Å². The molecule has 96 valence electrons. The fourth-order valence-corrected chi connectivity index (χ4v) is 2.04. The monoisotopic (exact) mass is 325 g/mol. The lowest BCUT2D eigenvalue weighted by atomic mass is 10.2. The fraction of sp³-hybridized carbons (Fsp3) is 0.400. The first-order valence-electron chi connectivity index (χ1n) is 4.91. The van der Waals surface area contributed by atoms with Crippen LogP contribution < -0.4 is 4.89 Å². The third kappa shape index (κ3) is 4.34. The average molecular weight is 326 g/mol. The zero-order valence-corrected chi connectivity index (χ0v) is 11.8. The molecule has 0 heterocycles. The highest BCUT2D eigenvalue weighted by molar-refractivity contribution is 9.10. The summed E-state index contributed by atoms with van der Waals surface area (Å²) >= 11 is 2.95. The molecule has 0 unspecified atom stereocenters. The summed E-state index contributed by atoms with van der Waals surface area (Å²) in [6, 6.07) is 3.53. The molecule has 0 bridgehead atoms. The van der Waals surface area contributed by atoms with Crippen molar-refractivity contribution in [3.63, 3.8) is 0 Å². The van der Waals surface area contributed by atoms with Crippen LogP contribution in [0.1, 0.15) is 13.8 Å². The molecule has 0 aliphatic heterocycles. The van der Waals surface area contributed by atoms with Crippen molar-refractivity contribution in [2.75, 3.05) is 6.61 Å². The van der Waals surface area contributed by atoms with Crippen LogP contribution in [-0.4, -0.2) is 15.0 Å². The van der Waals surface area contributed by atoms with Gasteiger partial charge in [0.15, 0.2) is 0 Å². The van der Waals surface area contributed by atoms with E-state index in [1.807, 2.05) is 18.7 Å². The van der Waals surface area contributed by atoms with Gasteiger partial charge in [-0.25, -0.2) is 12.8 Å². The molecule has 0 aromatic heterocycles. The standard InChI is InChI=1S/C10H13BrFNO3S/c1-7(2)6-16-13-17(14,15)8-3-4-9(11)10(12)5-8/h3-5,7,13H,6H2,1-2H3. The molecule has 0 aliphatic rings. The van der Waals surface area contributed by atoms with Gasteiger partial charge in [-0.05, 0) is 40.0 Å². The smallest absolute Gasteiger partial charge is 0.262 e. The largest absolute Gasteiger partial charge is 0.287 e. The van der Waals surface area contributed by atoms with E-state index in [0.29, 0.717) is 0 Å². The molecule has 1 aromatic rings. The topological polar surface area (TPSA) is 55.4 Å². The van der Waals surface area contributed by atoms with E-state index in [9.17, 15) is 12.8 Å². The predicted molar refractivity (Wildman–Crippen MR) is 65.2 cm³/mol. The molecule has 0 saturated carbocycles. The van der Waals surface area contributed by atoms with Gasteiger partial charge in [-0.2, -0.15) is 0 Å². The number of hydrogen-bond donors (Lipinski definition) is 1. The van der Waals surface area contributed by atoms with Crippen molar-refractivity contribution >= 4 is 26.0 Å². The van der Waals surface area contributed by atoms with Crippen LogP contribution in [-0.2, 0) is 14.9 Å². The summed E-state index contributed by atoms with van der Waals surface area (Å²) in [5, 5.41) is 0. The average Bonchev–Trinajstić information content (AvgIpc) is 2.21. The number of halogens is 2. The van der Waals surface area contributed by atoms with Gasteiger partial charge in [0.05, 0.1) is 16.0 Å². The maximum atomic E-state index is 13.2. The Morgan fingerprint density at radius 2 is 2.12 bits per heavy atom. The van der Waals surface area contributed by atoms with Crippen LogP contribution in [0.25, 0.3) is 0 Å². The van der Waals surface area contributed by atoms with Crippen molar-refractivity contribution in [1.82, 2.24) is 4.89 Å². The van der Waals surface area contributed by atoms with Gasteiger partial charge in [0, 0.05) is 0 Å². The number of hydrogen-bond acceptors (Lipinski definition) is 3. The first-order valence-corrected chi connectivity index (χ1v) is 7.19. The predicted octanol–water partition coefficient (Wildman–Crippen LogP) is 2.45. The lowest BCUT2D eigenvalue weighted by molar-refractivity contribution is 0.0718. The molecule has 7 heteroatoms. The summed E-state index contributed by atoms with van der Waals surface area (Å²) in [5.74, 6) is -0.448. The van der Waals surface area contributed by atoms with E-state index in [1.54, 1.807) is 0 Å². The van der Waals surface area contributed by atoms with E-state index in [0.717, 1.165) is 6.07 Å². The summed E-state index contributed by atoms with van der Waals surface area (Å²) in [4.78, 5) is 6.58. The summed E-state index contributed by atoms with van der Waals surface area (Å²) < 4.78 is 36.7. The van der Waals surface area contributed by atoms with Crippen molar-refractivity contribution in [2.45, 2.75) is 18.7 Å². The van der Waals surface area contributed by atoms with Crippen molar-refractivity contribution in [1.29, 1.82) is 0 Å². The molecule has 1 rings (SSSR count). The van der Waals surface area contributed by atoms with Crippen LogP contribution in [0.15, 0.2) is 27.6 Å². The molecule has 0 fully saturated rings. The fourth-order valence-electron chi connectivity index (χ4n) is 0.970. The van der Waals surface area contributed by atoms with E-state index in [4.69, 9.17) is 4.84 Å². The first-order chi connectivity index (χ1) is 7.83. The Morgan fingerprint density at radius 3 is 2.65 bits per heavy atom. The molecule has 4 nitrogen and oxygen atoms in total. The molecule has 0 saturated heterocycles. The molecule has 0 atom stereocenters. The number of rotatable bonds is 5. The Kier molecular flexibility index (Phi) is 5.05. The van der Waals surface area contributed by atoms with Crippen molar-refractivity contribution < 1.29 is 17.6 Å². The van der Waals surface area contributed by atoms with Gasteiger partial charge in [0.2, 0.25) is 0 Å². The molecule has 1 aromatic carbocycles. The number of sulfonamides is 1. The minimum Gasteiger partial charge on any atom is -0.287 e. The summed E-state index contributed by atoms with van der Waals surface area (Å²) in [7, 11) is -3.83. The molecule has 1 N–H and O–H groups in total. The minimum atomic E-state index is -3.83. The lowest BCUT2D eigenvalue weighted by Crippen LogP contribution is -2.26. The Balaban J connectivity index is 2.79. The normalized spacial score (nSPS) is 12.1. The lowest BCUT2D eigenvalue weighted by Gasteiger charge is -2.09. The van der Waals surface area contributed by atoms with Gasteiger partial charge in [0.25, 0.3) is 10.0 Å². The zero-order valence-electron chi connectivity index (χ0n) is 9.41. The van der Waals surface area contributed by atoms with Crippen LogP contribution in [0.4, 0.5) is 4.39 Å². The zero-order chi connectivity index (χ0) is 13.1. The first kappa shape index (κ1) is 14.6. The minimum absolute atomic E-state index is 0.179. The Bertz CT molecular complexity index is 490. The maximum absolute atomic E-state index is 13.2. The Morgan fingerprint density at radius 1 is 1.47 bits per heavy atom. The number of nitrogens with one attached hydrogen (secondary N) is 1. The highest BCUT2D eigenvalue weighted by Gasteiger charge is 2.16. The molecular weight excluding hydrogens is 313 g/mol. The Hall–Kier alpha value is -0.500. The maximum Gasteiger partial charge on any atom is 0.262 e. The summed E-state index contributed by atoms with van der Waals surface area (Å²) in [5.41, 5.74) is 0. The summed E-state index contributed by atoms with van der Waals surface area (Å²) in [6.45, 7) is 4.01. The van der Waals surface area contributed by atoms with Crippen LogP contribution in [0.3, 0.4) is 0 Å². The summed E-state index contributed by atoms with van der Waals surface area (Å²) in [6.07, 6.45) is 0. The van der Waals surface area contributed by atoms with Gasteiger partial charge in [-0.3, -0.25) is 4.84 Å². The molecule has 0 aliphatic carbocycles. The molecular formula is C10H13BrFNO3S. The molecule has 17 heavy (non-hydrogen) atoms. The SMILES string of the molecule is CC(C)CONS(=O)(=O)c1ccc(Br)c(F)c1. The van der Waals surface area contributed by atoms with Gasteiger partial charge < -0.3 is 0 Å². The van der Waals surface area contributed by atoms with Gasteiger partial charge in [-0.15, -0.1) is 0 Å². The van der Waals surface area contributed by atoms with E-state index < -0.39 is 15.8 Å². The van der Waals surface area contributed by atoms with Crippen LogP contribution >= 0.6 is 15.9 Å². The van der Waals surface area contributed by atoms with E-state index in [2.05, 4.69) is 15.9 Å². The van der Waals surface area contributed by atoms with E-state index in [-0.39, 0.29) is 21.9 Å². The highest BCUT2D eigenvalue weighted by atomic mass is 79.9. The van der Waals surface area contributed by atoms with E-state index >= 15 is 0 Å². The molecule has 0 radical (unpaired) electrons. The van der Waals surface area contributed by atoms with Crippen LogP contribution in [0, 0.1) is 11.7 Å². The molecule has 0 amide bonds. The second-order valence-corrected chi connectivity index (χ2v) is 6.37. The Labute approximate surface area is 108 Å². The third-order valence-electron chi connectivity index (χ3n) is 1.79. The number of benzene rings is 1. The second kappa shape index (κ2) is 5.90. The third-order valence-corrected chi connectivity index (χ3v) is 3.64. The van der Waals surface area contributed by atoms with Crippen molar-refractivity contribution in [2.24, 2.45) is 5.92 Å². The quantitative estimate of drug-likeness (QED) is 0.846. The van der Waals surface area contributed by atoms with Gasteiger partial charge in [-0.1, -0.05) is 18.7 Å². The molecule has 0 spiro atoms. The van der Waals surface area contributed by atoms with Crippen LogP contribution in [0.2, 0.25) is 0 Å². The van der Waals surface area contributed by atoms with Crippen LogP contribution in [0.5, 0.6) is 0 Å².